The molecular weight excluding hydrogens is 316 g/mol. The molecule has 0 heterocycles. The Hall–Kier alpha value is -0.820. The van der Waals surface area contributed by atoms with Gasteiger partial charge >= 0.3 is 0 Å². The Balaban J connectivity index is 2.12. The van der Waals surface area contributed by atoms with Crippen molar-refractivity contribution in [2.24, 2.45) is 0 Å². The molecule has 0 saturated heterocycles. The van der Waals surface area contributed by atoms with E-state index in [0.717, 1.165) is 6.42 Å². The first kappa shape index (κ1) is 21.2. The van der Waals surface area contributed by atoms with Crippen molar-refractivity contribution in [3.05, 3.63) is 35.4 Å². The first-order valence-electron chi connectivity index (χ1n) is 9.78. The van der Waals surface area contributed by atoms with E-state index in [-0.39, 0.29) is 5.78 Å². The lowest BCUT2D eigenvalue weighted by atomic mass is 9.98. The molecule has 0 aliphatic carbocycles. The van der Waals surface area contributed by atoms with Gasteiger partial charge in [0.05, 0.1) is 0 Å². The van der Waals surface area contributed by atoms with Gasteiger partial charge in [-0.2, -0.15) is 0 Å². The summed E-state index contributed by atoms with van der Waals surface area (Å²) >= 11 is 6.09. The zero-order chi connectivity index (χ0) is 17.8. The average Bonchev–Trinajstić information content (AvgIpc) is 2.55. The average molecular weight is 351 g/mol. The molecule has 0 unspecified atom stereocenters. The van der Waals surface area contributed by atoms with Gasteiger partial charge in [0.2, 0.25) is 0 Å². The number of hydrogen-bond acceptors (Lipinski definition) is 1. The minimum Gasteiger partial charge on any atom is -0.292 e. The Morgan fingerprint density at radius 3 is 1.75 bits per heavy atom. The quantitative estimate of drug-likeness (QED) is 0.206. The third-order valence-electron chi connectivity index (χ3n) is 4.58. The molecule has 1 aromatic carbocycles. The monoisotopic (exact) mass is 350 g/mol. The third kappa shape index (κ3) is 8.87. The molecule has 0 aliphatic rings. The maximum atomic E-state index is 12.1. The molecule has 1 aromatic rings. The fraction of sp³-hybridized carbons (Fsp3) is 0.682. The van der Waals surface area contributed by atoms with Crippen molar-refractivity contribution in [1.82, 2.24) is 0 Å². The van der Waals surface area contributed by atoms with Gasteiger partial charge in [-0.05, 0) is 32.3 Å². The van der Waals surface area contributed by atoms with Crippen LogP contribution >= 0.6 is 11.6 Å². The van der Waals surface area contributed by atoms with Gasteiger partial charge in [-0.15, -0.1) is 11.6 Å². The Morgan fingerprint density at radius 2 is 1.29 bits per heavy atom. The number of benzene rings is 1. The van der Waals surface area contributed by atoms with E-state index in [4.69, 9.17) is 11.6 Å². The molecule has 0 aromatic heterocycles. The fourth-order valence-corrected chi connectivity index (χ4v) is 3.09. The van der Waals surface area contributed by atoms with Gasteiger partial charge in [-0.25, -0.2) is 0 Å². The van der Waals surface area contributed by atoms with Crippen LogP contribution in [0, 0.1) is 0 Å². The van der Waals surface area contributed by atoms with Crippen LogP contribution in [0.2, 0.25) is 0 Å². The lowest BCUT2D eigenvalue weighted by Crippen LogP contribution is -2.24. The van der Waals surface area contributed by atoms with Gasteiger partial charge in [0.1, 0.15) is 4.87 Å². The van der Waals surface area contributed by atoms with Crippen LogP contribution in [-0.2, 0) is 6.42 Å². The molecular formula is C22H35ClO. The highest BCUT2D eigenvalue weighted by atomic mass is 35.5. The summed E-state index contributed by atoms with van der Waals surface area (Å²) in [6.45, 7) is 5.76. The summed E-state index contributed by atoms with van der Waals surface area (Å²) in [5.41, 5.74) is 2.03. The number of aryl methyl sites for hydroxylation is 1. The lowest BCUT2D eigenvalue weighted by molar-refractivity contribution is 0.0954. The van der Waals surface area contributed by atoms with Gasteiger partial charge in [0.15, 0.2) is 5.78 Å². The Kier molecular flexibility index (Phi) is 10.3. The van der Waals surface area contributed by atoms with Gasteiger partial charge < -0.3 is 0 Å². The van der Waals surface area contributed by atoms with Crippen LogP contribution in [0.4, 0.5) is 0 Å². The van der Waals surface area contributed by atoms with Crippen molar-refractivity contribution < 1.29 is 4.79 Å². The third-order valence-corrected chi connectivity index (χ3v) is 4.75. The molecule has 0 saturated carbocycles. The normalized spacial score (nSPS) is 11.7. The van der Waals surface area contributed by atoms with E-state index >= 15 is 0 Å². The largest absolute Gasteiger partial charge is 0.292 e. The van der Waals surface area contributed by atoms with Crippen LogP contribution in [0.3, 0.4) is 0 Å². The van der Waals surface area contributed by atoms with Crippen LogP contribution in [0.5, 0.6) is 0 Å². The molecule has 2 heteroatoms. The second-order valence-corrected chi connectivity index (χ2v) is 8.38. The number of hydrogen-bond donors (Lipinski definition) is 0. The van der Waals surface area contributed by atoms with E-state index in [1.807, 2.05) is 12.1 Å². The first-order valence-corrected chi connectivity index (χ1v) is 10.2. The number of rotatable bonds is 13. The van der Waals surface area contributed by atoms with E-state index < -0.39 is 4.87 Å². The van der Waals surface area contributed by atoms with Crippen molar-refractivity contribution in [2.75, 3.05) is 0 Å². The Bertz CT molecular complexity index is 456. The summed E-state index contributed by atoms with van der Waals surface area (Å²) in [5.74, 6) is -0.00495. The second-order valence-electron chi connectivity index (χ2n) is 7.43. The standard InChI is InChI=1S/C22H35ClO/c1-4-5-6-7-8-9-10-11-12-13-14-19-15-17-20(18-16-19)21(24)22(2,3)23/h15-18H,4-14H2,1-3H3. The number of carbonyl (C=O) groups excluding carboxylic acids is 1. The highest BCUT2D eigenvalue weighted by molar-refractivity contribution is 6.37. The molecule has 0 radical (unpaired) electrons. The van der Waals surface area contributed by atoms with Crippen molar-refractivity contribution in [3.63, 3.8) is 0 Å². The topological polar surface area (TPSA) is 17.1 Å². The van der Waals surface area contributed by atoms with Crippen LogP contribution in [-0.4, -0.2) is 10.7 Å². The van der Waals surface area contributed by atoms with Crippen LogP contribution in [0.1, 0.15) is 101 Å². The fourth-order valence-electron chi connectivity index (χ4n) is 2.98. The van der Waals surface area contributed by atoms with Gasteiger partial charge in [-0.3, -0.25) is 4.79 Å². The molecule has 0 atom stereocenters. The molecule has 0 bridgehead atoms. The zero-order valence-corrected chi connectivity index (χ0v) is 16.6. The minimum atomic E-state index is -0.821. The lowest BCUT2D eigenvalue weighted by Gasteiger charge is -2.14. The number of unbranched alkanes of at least 4 members (excludes halogenated alkanes) is 9. The van der Waals surface area contributed by atoms with Crippen LogP contribution < -0.4 is 0 Å². The van der Waals surface area contributed by atoms with Gasteiger partial charge in [-0.1, -0.05) is 89.0 Å². The molecule has 1 rings (SSSR count). The molecule has 0 N–H and O–H groups in total. The maximum Gasteiger partial charge on any atom is 0.183 e. The first-order chi connectivity index (χ1) is 11.4. The SMILES string of the molecule is CCCCCCCCCCCCc1ccc(C(=O)C(C)(C)Cl)cc1. The van der Waals surface area contributed by atoms with E-state index in [2.05, 4.69) is 19.1 Å². The highest BCUT2D eigenvalue weighted by Crippen LogP contribution is 2.20. The second kappa shape index (κ2) is 11.7. The number of carbonyl (C=O) groups is 1. The molecule has 0 aliphatic heterocycles. The predicted molar refractivity (Wildman–Crippen MR) is 106 cm³/mol. The number of Topliss-reactive ketones (excluding diaryl/α,β-unsaturated/α-hetero) is 1. The van der Waals surface area contributed by atoms with Crippen LogP contribution in [0.15, 0.2) is 24.3 Å². The summed E-state index contributed by atoms with van der Waals surface area (Å²) in [5, 5.41) is 0. The molecule has 0 spiro atoms. The maximum absolute atomic E-state index is 12.1. The van der Waals surface area contributed by atoms with Crippen LogP contribution in [0.25, 0.3) is 0 Å². The van der Waals surface area contributed by atoms with Crippen molar-refractivity contribution in [2.45, 2.75) is 96.3 Å². The van der Waals surface area contributed by atoms with E-state index in [1.54, 1.807) is 13.8 Å². The Labute approximate surface area is 154 Å². The minimum absolute atomic E-state index is 0.00495. The summed E-state index contributed by atoms with van der Waals surface area (Å²) in [4.78, 5) is 11.3. The van der Waals surface area contributed by atoms with Gasteiger partial charge in [0, 0.05) is 5.56 Å². The van der Waals surface area contributed by atoms with Crippen molar-refractivity contribution in [1.29, 1.82) is 0 Å². The van der Waals surface area contributed by atoms with E-state index in [9.17, 15) is 4.79 Å². The molecule has 1 nitrogen and oxygen atoms in total. The predicted octanol–water partition coefficient (Wildman–Crippen LogP) is 7.35. The zero-order valence-electron chi connectivity index (χ0n) is 15.9. The summed E-state index contributed by atoms with van der Waals surface area (Å²) in [6, 6.07) is 7.98. The Morgan fingerprint density at radius 1 is 0.833 bits per heavy atom. The summed E-state index contributed by atoms with van der Waals surface area (Å²) in [6.07, 6.45) is 14.7. The smallest absolute Gasteiger partial charge is 0.183 e. The highest BCUT2D eigenvalue weighted by Gasteiger charge is 2.25. The molecule has 0 fully saturated rings. The molecule has 24 heavy (non-hydrogen) atoms. The van der Waals surface area contributed by atoms with Gasteiger partial charge in [0.25, 0.3) is 0 Å². The molecule has 0 amide bonds. The number of alkyl halides is 1. The molecule has 136 valence electrons. The number of halogens is 1. The summed E-state index contributed by atoms with van der Waals surface area (Å²) < 4.78 is 0. The van der Waals surface area contributed by atoms with Crippen molar-refractivity contribution >= 4 is 17.4 Å². The number of ketones is 1. The van der Waals surface area contributed by atoms with E-state index in [0.29, 0.717) is 5.56 Å². The van der Waals surface area contributed by atoms with Crippen molar-refractivity contribution in [3.8, 4) is 0 Å². The van der Waals surface area contributed by atoms with E-state index in [1.165, 1.54) is 69.8 Å². The summed E-state index contributed by atoms with van der Waals surface area (Å²) in [7, 11) is 0.